The number of hydrogen-bond donors (Lipinski definition) is 2. The smallest absolute Gasteiger partial charge is 0.217 e. The molecular weight excluding hydrogens is 152 g/mol. The zero-order valence-electron chi connectivity index (χ0n) is 8.48. The number of nitrogens with one attached hydrogen (secondary N) is 2. The van der Waals surface area contributed by atoms with Gasteiger partial charge in [0.05, 0.1) is 0 Å². The number of carbonyl (C=O) groups is 1. The van der Waals surface area contributed by atoms with Crippen LogP contribution < -0.4 is 10.6 Å². The molecule has 0 radical (unpaired) electrons. The van der Waals surface area contributed by atoms with Crippen LogP contribution in [0.3, 0.4) is 0 Å². The minimum absolute atomic E-state index is 0.0514. The van der Waals surface area contributed by atoms with Crippen molar-refractivity contribution in [2.75, 3.05) is 7.05 Å². The Balaban J connectivity index is 4.01. The molecule has 2 atom stereocenters. The molecule has 0 fully saturated rings. The highest BCUT2D eigenvalue weighted by atomic mass is 16.1. The zero-order chi connectivity index (χ0) is 9.56. The first-order valence-corrected chi connectivity index (χ1v) is 4.60. The third-order valence-electron chi connectivity index (χ3n) is 2.12. The molecule has 0 aromatic heterocycles. The lowest BCUT2D eigenvalue weighted by atomic mass is 10.0. The van der Waals surface area contributed by atoms with E-state index in [0.29, 0.717) is 6.04 Å². The molecule has 2 N–H and O–H groups in total. The summed E-state index contributed by atoms with van der Waals surface area (Å²) in [5.74, 6) is 0.0514. The third-order valence-corrected chi connectivity index (χ3v) is 2.12. The molecule has 0 heterocycles. The Kier molecular flexibility index (Phi) is 5.72. The Morgan fingerprint density at radius 1 is 1.25 bits per heavy atom. The molecule has 12 heavy (non-hydrogen) atoms. The number of hydrogen-bond acceptors (Lipinski definition) is 2. The summed E-state index contributed by atoms with van der Waals surface area (Å²) in [4.78, 5) is 10.8. The second kappa shape index (κ2) is 6.00. The van der Waals surface area contributed by atoms with Crippen molar-refractivity contribution in [2.24, 2.45) is 0 Å². The predicted octanol–water partition coefficient (Wildman–Crippen LogP) is 0.899. The van der Waals surface area contributed by atoms with Gasteiger partial charge < -0.3 is 10.6 Å². The van der Waals surface area contributed by atoms with Gasteiger partial charge in [0.25, 0.3) is 0 Å². The average molecular weight is 172 g/mol. The van der Waals surface area contributed by atoms with E-state index < -0.39 is 0 Å². The van der Waals surface area contributed by atoms with E-state index in [2.05, 4.69) is 24.5 Å². The fourth-order valence-corrected chi connectivity index (χ4v) is 1.44. The van der Waals surface area contributed by atoms with E-state index in [1.807, 2.05) is 7.05 Å². The maximum atomic E-state index is 10.8. The Labute approximate surface area is 74.9 Å². The molecule has 1 amide bonds. The summed E-state index contributed by atoms with van der Waals surface area (Å²) in [5, 5.41) is 6.12. The van der Waals surface area contributed by atoms with Gasteiger partial charge in [0.1, 0.15) is 0 Å². The zero-order valence-corrected chi connectivity index (χ0v) is 8.48. The van der Waals surface area contributed by atoms with E-state index in [0.717, 1.165) is 12.8 Å². The topological polar surface area (TPSA) is 41.1 Å². The van der Waals surface area contributed by atoms with E-state index in [4.69, 9.17) is 0 Å². The first kappa shape index (κ1) is 11.4. The lowest BCUT2D eigenvalue weighted by Crippen LogP contribution is -2.47. The largest absolute Gasteiger partial charge is 0.352 e. The summed E-state index contributed by atoms with van der Waals surface area (Å²) in [6, 6.07) is 0.649. The van der Waals surface area contributed by atoms with Gasteiger partial charge in [-0.05, 0) is 19.9 Å². The summed E-state index contributed by atoms with van der Waals surface area (Å²) < 4.78 is 0. The molecule has 0 spiro atoms. The molecule has 0 bridgehead atoms. The standard InChI is InChI=1S/C9H20N2O/c1-5-8(10-4)9(6-2)11-7(3)12/h8-10H,5-6H2,1-4H3,(H,11,12). The molecule has 0 aromatic rings. The van der Waals surface area contributed by atoms with E-state index in [-0.39, 0.29) is 11.9 Å². The van der Waals surface area contributed by atoms with Crippen molar-refractivity contribution in [3.63, 3.8) is 0 Å². The lowest BCUT2D eigenvalue weighted by Gasteiger charge is -2.25. The maximum absolute atomic E-state index is 10.8. The van der Waals surface area contributed by atoms with Gasteiger partial charge in [-0.25, -0.2) is 0 Å². The second-order valence-corrected chi connectivity index (χ2v) is 3.02. The molecule has 0 aliphatic carbocycles. The fourth-order valence-electron chi connectivity index (χ4n) is 1.44. The van der Waals surface area contributed by atoms with Gasteiger partial charge >= 0.3 is 0 Å². The lowest BCUT2D eigenvalue weighted by molar-refractivity contribution is -0.119. The Morgan fingerprint density at radius 2 is 1.75 bits per heavy atom. The molecule has 0 aliphatic rings. The number of likely N-dealkylation sites (N-methyl/N-ethyl adjacent to an activating group) is 1. The summed E-state index contributed by atoms with van der Waals surface area (Å²) in [6.45, 7) is 5.76. The van der Waals surface area contributed by atoms with Gasteiger partial charge in [0, 0.05) is 19.0 Å². The van der Waals surface area contributed by atoms with Crippen LogP contribution in [0.25, 0.3) is 0 Å². The summed E-state index contributed by atoms with van der Waals surface area (Å²) in [7, 11) is 1.93. The molecule has 2 unspecified atom stereocenters. The number of carbonyl (C=O) groups excluding carboxylic acids is 1. The van der Waals surface area contributed by atoms with Gasteiger partial charge in [-0.15, -0.1) is 0 Å². The first-order valence-electron chi connectivity index (χ1n) is 4.60. The highest BCUT2D eigenvalue weighted by Gasteiger charge is 2.16. The van der Waals surface area contributed by atoms with Crippen molar-refractivity contribution >= 4 is 5.91 Å². The third kappa shape index (κ3) is 3.72. The minimum Gasteiger partial charge on any atom is -0.352 e. The maximum Gasteiger partial charge on any atom is 0.217 e. The van der Waals surface area contributed by atoms with Gasteiger partial charge in [0.2, 0.25) is 5.91 Å². The van der Waals surface area contributed by atoms with Crippen LogP contribution >= 0.6 is 0 Å². The first-order chi connectivity index (χ1) is 5.65. The molecule has 0 saturated carbocycles. The van der Waals surface area contributed by atoms with Crippen LogP contribution in [0, 0.1) is 0 Å². The van der Waals surface area contributed by atoms with Crippen molar-refractivity contribution in [3.8, 4) is 0 Å². The van der Waals surface area contributed by atoms with Gasteiger partial charge in [-0.1, -0.05) is 13.8 Å². The van der Waals surface area contributed by atoms with Crippen molar-refractivity contribution < 1.29 is 4.79 Å². The monoisotopic (exact) mass is 172 g/mol. The highest BCUT2D eigenvalue weighted by molar-refractivity contribution is 5.73. The molecular formula is C9H20N2O. The summed E-state index contributed by atoms with van der Waals surface area (Å²) in [5.41, 5.74) is 0. The van der Waals surface area contributed by atoms with Crippen molar-refractivity contribution in [1.29, 1.82) is 0 Å². The normalized spacial score (nSPS) is 15.3. The van der Waals surface area contributed by atoms with Crippen LogP contribution in [-0.4, -0.2) is 25.0 Å². The SMILES string of the molecule is CCC(NC)C(CC)NC(C)=O. The summed E-state index contributed by atoms with van der Waals surface area (Å²) >= 11 is 0. The minimum atomic E-state index is 0.0514. The van der Waals surface area contributed by atoms with Crippen molar-refractivity contribution in [2.45, 2.75) is 45.7 Å². The molecule has 3 heteroatoms. The van der Waals surface area contributed by atoms with Crippen LogP contribution in [-0.2, 0) is 4.79 Å². The van der Waals surface area contributed by atoms with Crippen LogP contribution in [0.1, 0.15) is 33.6 Å². The predicted molar refractivity (Wildman–Crippen MR) is 51.0 cm³/mol. The summed E-state index contributed by atoms with van der Waals surface area (Å²) in [6.07, 6.45) is 2.01. The Bertz CT molecular complexity index is 132. The Hall–Kier alpha value is -0.570. The fraction of sp³-hybridized carbons (Fsp3) is 0.889. The van der Waals surface area contributed by atoms with E-state index in [1.165, 1.54) is 0 Å². The number of rotatable bonds is 5. The molecule has 0 saturated heterocycles. The molecule has 0 aromatic carbocycles. The van der Waals surface area contributed by atoms with Crippen LogP contribution in [0.2, 0.25) is 0 Å². The molecule has 3 nitrogen and oxygen atoms in total. The number of amides is 1. The van der Waals surface area contributed by atoms with Crippen molar-refractivity contribution in [1.82, 2.24) is 10.6 Å². The highest BCUT2D eigenvalue weighted by Crippen LogP contribution is 2.02. The molecule has 72 valence electrons. The van der Waals surface area contributed by atoms with Crippen molar-refractivity contribution in [3.05, 3.63) is 0 Å². The van der Waals surface area contributed by atoms with E-state index >= 15 is 0 Å². The van der Waals surface area contributed by atoms with Crippen LogP contribution in [0.5, 0.6) is 0 Å². The van der Waals surface area contributed by atoms with E-state index in [9.17, 15) is 4.79 Å². The van der Waals surface area contributed by atoms with Gasteiger partial charge in [0.15, 0.2) is 0 Å². The second-order valence-electron chi connectivity index (χ2n) is 3.02. The molecule has 0 aliphatic heterocycles. The van der Waals surface area contributed by atoms with Crippen LogP contribution in [0.4, 0.5) is 0 Å². The van der Waals surface area contributed by atoms with Gasteiger partial charge in [-0.2, -0.15) is 0 Å². The average Bonchev–Trinajstić information content (AvgIpc) is 2.04. The van der Waals surface area contributed by atoms with E-state index in [1.54, 1.807) is 6.92 Å². The van der Waals surface area contributed by atoms with Gasteiger partial charge in [-0.3, -0.25) is 4.79 Å². The Morgan fingerprint density at radius 3 is 2.00 bits per heavy atom. The molecule has 0 rings (SSSR count). The van der Waals surface area contributed by atoms with Crippen LogP contribution in [0.15, 0.2) is 0 Å². The quantitative estimate of drug-likeness (QED) is 0.647.